The van der Waals surface area contributed by atoms with Crippen molar-refractivity contribution in [2.45, 2.75) is 26.3 Å². The molecule has 0 saturated carbocycles. The zero-order valence-electron chi connectivity index (χ0n) is 16.4. The van der Waals surface area contributed by atoms with Gasteiger partial charge in [0.2, 0.25) is 0 Å². The molecule has 0 spiro atoms. The van der Waals surface area contributed by atoms with E-state index in [2.05, 4.69) is 5.32 Å². The molecule has 1 N–H and O–H groups in total. The van der Waals surface area contributed by atoms with Crippen LogP contribution in [0.15, 0.2) is 36.4 Å². The number of hydrogen-bond donors (Lipinski definition) is 1. The molecule has 28 heavy (non-hydrogen) atoms. The van der Waals surface area contributed by atoms with Gasteiger partial charge in [0, 0.05) is 31.3 Å². The van der Waals surface area contributed by atoms with E-state index in [4.69, 9.17) is 4.74 Å². The van der Waals surface area contributed by atoms with Crippen LogP contribution in [0.5, 0.6) is 5.75 Å². The van der Waals surface area contributed by atoms with Crippen molar-refractivity contribution in [3.63, 3.8) is 0 Å². The zero-order chi connectivity index (χ0) is 20.3. The Morgan fingerprint density at radius 1 is 1.25 bits per heavy atom. The molecule has 1 atom stereocenters. The predicted octanol–water partition coefficient (Wildman–Crippen LogP) is 3.32. The molecule has 0 saturated heterocycles. The highest BCUT2D eigenvalue weighted by molar-refractivity contribution is 5.94. The van der Waals surface area contributed by atoms with Crippen LogP contribution in [0, 0.1) is 10.1 Å². The monoisotopic (exact) mass is 383 g/mol. The fraction of sp³-hybridized carbons (Fsp3) is 0.381. The maximum absolute atomic E-state index is 12.5. The first-order chi connectivity index (χ1) is 13.5. The molecular formula is C21H25N3O4. The molecule has 0 bridgehead atoms. The Bertz CT molecular complexity index is 876. The molecule has 1 heterocycles. The normalized spacial score (nSPS) is 15.6. The van der Waals surface area contributed by atoms with Gasteiger partial charge < -0.3 is 15.0 Å². The van der Waals surface area contributed by atoms with E-state index in [1.807, 2.05) is 38.1 Å². The third-order valence-corrected chi connectivity index (χ3v) is 5.23. The summed E-state index contributed by atoms with van der Waals surface area (Å²) in [5.41, 5.74) is 3.49. The summed E-state index contributed by atoms with van der Waals surface area (Å²) in [6.07, 6.45) is 0.777. The highest BCUT2D eigenvalue weighted by atomic mass is 16.6. The van der Waals surface area contributed by atoms with Crippen molar-refractivity contribution in [1.82, 2.24) is 10.2 Å². The van der Waals surface area contributed by atoms with Crippen LogP contribution in [-0.4, -0.2) is 42.5 Å². The van der Waals surface area contributed by atoms with E-state index >= 15 is 0 Å². The number of rotatable bonds is 6. The molecule has 0 aliphatic carbocycles. The summed E-state index contributed by atoms with van der Waals surface area (Å²) in [4.78, 5) is 25.3. The van der Waals surface area contributed by atoms with E-state index in [-0.39, 0.29) is 23.4 Å². The summed E-state index contributed by atoms with van der Waals surface area (Å²) in [6, 6.07) is 10.7. The Balaban J connectivity index is 1.95. The molecule has 1 amide bonds. The van der Waals surface area contributed by atoms with Gasteiger partial charge in [-0.3, -0.25) is 14.9 Å². The van der Waals surface area contributed by atoms with E-state index < -0.39 is 4.92 Å². The van der Waals surface area contributed by atoms with Crippen LogP contribution in [-0.2, 0) is 6.42 Å². The average molecular weight is 383 g/mol. The number of nitro groups is 1. The summed E-state index contributed by atoms with van der Waals surface area (Å²) in [7, 11) is 1.44. The second kappa shape index (κ2) is 8.39. The third-order valence-electron chi connectivity index (χ3n) is 5.23. The van der Waals surface area contributed by atoms with Crippen LogP contribution in [0.25, 0.3) is 0 Å². The molecule has 148 valence electrons. The van der Waals surface area contributed by atoms with Crippen molar-refractivity contribution >= 4 is 11.6 Å². The molecule has 0 fully saturated rings. The van der Waals surface area contributed by atoms with Gasteiger partial charge >= 0.3 is 5.69 Å². The van der Waals surface area contributed by atoms with Crippen LogP contribution in [0.3, 0.4) is 0 Å². The number of nitrogens with one attached hydrogen (secondary N) is 1. The summed E-state index contributed by atoms with van der Waals surface area (Å²) in [6.45, 7) is 6.01. The van der Waals surface area contributed by atoms with Crippen molar-refractivity contribution in [3.8, 4) is 5.75 Å². The Hall–Kier alpha value is -2.93. The standard InChI is InChI=1S/C21H25N3O4/c1-4-23(5-2)21(25)15-8-6-14(7-9-15)20-17-13-18(24(26)27)19(28-3)12-16(17)10-11-22-20/h6-9,12-13,20,22H,4-5,10-11H2,1-3H3. The third kappa shape index (κ3) is 3.71. The highest BCUT2D eigenvalue weighted by Crippen LogP contribution is 2.37. The Morgan fingerprint density at radius 2 is 1.93 bits per heavy atom. The number of nitro benzene ring substituents is 1. The van der Waals surface area contributed by atoms with E-state index in [1.165, 1.54) is 7.11 Å². The van der Waals surface area contributed by atoms with Gasteiger partial charge in [-0.15, -0.1) is 0 Å². The number of methoxy groups -OCH3 is 1. The molecule has 1 aliphatic rings. The largest absolute Gasteiger partial charge is 0.490 e. The van der Waals surface area contributed by atoms with Gasteiger partial charge in [-0.25, -0.2) is 0 Å². The fourth-order valence-electron chi connectivity index (χ4n) is 3.69. The van der Waals surface area contributed by atoms with Crippen LogP contribution in [0.1, 0.15) is 46.9 Å². The number of carbonyl (C=O) groups excluding carboxylic acids is 1. The number of fused-ring (bicyclic) bond motifs is 1. The fourth-order valence-corrected chi connectivity index (χ4v) is 3.69. The molecule has 7 heteroatoms. The van der Waals surface area contributed by atoms with E-state index in [9.17, 15) is 14.9 Å². The van der Waals surface area contributed by atoms with Crippen molar-refractivity contribution in [2.24, 2.45) is 0 Å². The molecule has 0 radical (unpaired) electrons. The first-order valence-corrected chi connectivity index (χ1v) is 9.47. The zero-order valence-corrected chi connectivity index (χ0v) is 16.4. The topological polar surface area (TPSA) is 84.7 Å². The molecular weight excluding hydrogens is 358 g/mol. The molecule has 3 rings (SSSR count). The van der Waals surface area contributed by atoms with Crippen molar-refractivity contribution in [3.05, 3.63) is 68.8 Å². The smallest absolute Gasteiger partial charge is 0.311 e. The van der Waals surface area contributed by atoms with Gasteiger partial charge in [-0.2, -0.15) is 0 Å². The van der Waals surface area contributed by atoms with Gasteiger partial charge in [-0.1, -0.05) is 12.1 Å². The number of carbonyl (C=O) groups is 1. The number of hydrogen-bond acceptors (Lipinski definition) is 5. The lowest BCUT2D eigenvalue weighted by Gasteiger charge is -2.28. The number of amides is 1. The summed E-state index contributed by atoms with van der Waals surface area (Å²) in [5.74, 6) is 0.290. The first kappa shape index (κ1) is 19.8. The van der Waals surface area contributed by atoms with Gasteiger partial charge in [0.25, 0.3) is 5.91 Å². The first-order valence-electron chi connectivity index (χ1n) is 9.47. The number of benzene rings is 2. The minimum atomic E-state index is -0.420. The van der Waals surface area contributed by atoms with Crippen LogP contribution in [0.2, 0.25) is 0 Å². The highest BCUT2D eigenvalue weighted by Gasteiger charge is 2.27. The van der Waals surface area contributed by atoms with Crippen LogP contribution < -0.4 is 10.1 Å². The van der Waals surface area contributed by atoms with E-state index in [0.29, 0.717) is 18.7 Å². The molecule has 1 aliphatic heterocycles. The average Bonchev–Trinajstić information content (AvgIpc) is 2.73. The summed E-state index contributed by atoms with van der Waals surface area (Å²) in [5, 5.41) is 14.8. The van der Waals surface area contributed by atoms with E-state index in [0.717, 1.165) is 29.7 Å². The van der Waals surface area contributed by atoms with Gasteiger partial charge in [0.1, 0.15) is 0 Å². The van der Waals surface area contributed by atoms with Crippen molar-refractivity contribution in [1.29, 1.82) is 0 Å². The van der Waals surface area contributed by atoms with Crippen molar-refractivity contribution < 1.29 is 14.5 Å². The lowest BCUT2D eigenvalue weighted by molar-refractivity contribution is -0.385. The Labute approximate surface area is 164 Å². The molecule has 7 nitrogen and oxygen atoms in total. The van der Waals surface area contributed by atoms with Crippen molar-refractivity contribution in [2.75, 3.05) is 26.7 Å². The minimum Gasteiger partial charge on any atom is -0.490 e. The second-order valence-corrected chi connectivity index (χ2v) is 6.72. The molecule has 1 unspecified atom stereocenters. The SMILES string of the molecule is CCN(CC)C(=O)c1ccc(C2NCCc3cc(OC)c([N+](=O)[O-])cc32)cc1. The molecule has 0 aromatic heterocycles. The Kier molecular flexibility index (Phi) is 5.94. The van der Waals surface area contributed by atoms with E-state index in [1.54, 1.807) is 17.0 Å². The molecule has 2 aromatic carbocycles. The molecule has 2 aromatic rings. The van der Waals surface area contributed by atoms with Crippen LogP contribution >= 0.6 is 0 Å². The van der Waals surface area contributed by atoms with Gasteiger partial charge in [0.05, 0.1) is 18.1 Å². The quantitative estimate of drug-likeness (QED) is 0.611. The lowest BCUT2D eigenvalue weighted by Crippen LogP contribution is -2.31. The maximum Gasteiger partial charge on any atom is 0.311 e. The maximum atomic E-state index is 12.5. The van der Waals surface area contributed by atoms with Gasteiger partial charge in [0.15, 0.2) is 5.75 Å². The lowest BCUT2D eigenvalue weighted by atomic mass is 9.89. The summed E-state index contributed by atoms with van der Waals surface area (Å²) >= 11 is 0. The predicted molar refractivity (Wildman–Crippen MR) is 107 cm³/mol. The second-order valence-electron chi connectivity index (χ2n) is 6.72. The minimum absolute atomic E-state index is 0.00827. The van der Waals surface area contributed by atoms with Crippen LogP contribution in [0.4, 0.5) is 5.69 Å². The Morgan fingerprint density at radius 3 is 2.50 bits per heavy atom. The number of ether oxygens (including phenoxy) is 1. The summed E-state index contributed by atoms with van der Waals surface area (Å²) < 4.78 is 5.20. The number of nitrogens with zero attached hydrogens (tertiary/aromatic N) is 2. The van der Waals surface area contributed by atoms with Gasteiger partial charge in [-0.05, 0) is 55.2 Å².